The minimum Gasteiger partial charge on any atom is -0.465 e. The normalized spacial score (nSPS) is 47.1. The van der Waals surface area contributed by atoms with Crippen LogP contribution in [-0.4, -0.2) is 47.9 Å². The highest BCUT2D eigenvalue weighted by molar-refractivity contribution is 5.75. The molecule has 7 heteroatoms. The first-order valence-electron chi connectivity index (χ1n) is 13.7. The maximum absolute atomic E-state index is 12.5. The summed E-state index contributed by atoms with van der Waals surface area (Å²) in [5, 5.41) is 11.7. The lowest BCUT2D eigenvalue weighted by Gasteiger charge is -2.66. The van der Waals surface area contributed by atoms with Gasteiger partial charge in [-0.2, -0.15) is 0 Å². The highest BCUT2D eigenvalue weighted by atomic mass is 16.6. The van der Waals surface area contributed by atoms with Gasteiger partial charge in [0.25, 0.3) is 0 Å². The number of fused-ring (bicyclic) bond motifs is 5. The standard InChI is InChI=1S/C29H42O7/c1-15(30)35-21-13-22-27(3,4)24(36-16(2)31)14-23(32)29(22,6)20-9-11-28(5)18(7-8-19(28)25(20)21)17-10-12-34-26(17)33/h8,17-18,20-25,32H,7,9-14H2,1-6H3/t17-,18-,20?,21+,22-,23?,24+,25-,28-,29+/m0/s1. The van der Waals surface area contributed by atoms with Gasteiger partial charge in [0.1, 0.15) is 12.2 Å². The molecule has 0 amide bonds. The van der Waals surface area contributed by atoms with Crippen molar-refractivity contribution in [3.8, 4) is 0 Å². The minimum absolute atomic E-state index is 0.00653. The van der Waals surface area contributed by atoms with Crippen molar-refractivity contribution in [2.24, 2.45) is 45.8 Å². The van der Waals surface area contributed by atoms with Crippen LogP contribution in [0.15, 0.2) is 11.6 Å². The number of hydrogen-bond acceptors (Lipinski definition) is 7. The summed E-state index contributed by atoms with van der Waals surface area (Å²) in [5.74, 6) is -0.447. The van der Waals surface area contributed by atoms with Gasteiger partial charge in [0.05, 0.1) is 18.6 Å². The Bertz CT molecular complexity index is 984. The average molecular weight is 503 g/mol. The van der Waals surface area contributed by atoms with Gasteiger partial charge in [0.15, 0.2) is 0 Å². The van der Waals surface area contributed by atoms with E-state index in [9.17, 15) is 19.5 Å². The lowest BCUT2D eigenvalue weighted by molar-refractivity contribution is -0.239. The second-order valence-electron chi connectivity index (χ2n) is 13.1. The van der Waals surface area contributed by atoms with Gasteiger partial charge >= 0.3 is 17.9 Å². The molecule has 200 valence electrons. The van der Waals surface area contributed by atoms with Crippen molar-refractivity contribution >= 4 is 17.9 Å². The van der Waals surface area contributed by atoms with Crippen LogP contribution in [0.4, 0.5) is 0 Å². The SMILES string of the molecule is CC(=O)O[C@@H]1C[C@H]2C(C)(C)[C@H](OC(C)=O)CC(O)[C@]2(C)C2CC[C@]3(C)C(=CC[C@H]3[C@@H]3CCOC3=O)[C@@H]21. The number of rotatable bonds is 3. The van der Waals surface area contributed by atoms with Gasteiger partial charge in [-0.05, 0) is 55.3 Å². The zero-order valence-corrected chi connectivity index (χ0v) is 22.5. The van der Waals surface area contributed by atoms with Crippen molar-refractivity contribution in [2.45, 2.75) is 98.4 Å². The summed E-state index contributed by atoms with van der Waals surface area (Å²) in [5.41, 5.74) is 0.367. The van der Waals surface area contributed by atoms with Gasteiger partial charge in [0.2, 0.25) is 0 Å². The van der Waals surface area contributed by atoms with Crippen LogP contribution in [0.25, 0.3) is 0 Å². The van der Waals surface area contributed by atoms with E-state index in [4.69, 9.17) is 14.2 Å². The highest BCUT2D eigenvalue weighted by Gasteiger charge is 2.68. The first-order valence-corrected chi connectivity index (χ1v) is 13.7. The predicted molar refractivity (Wildman–Crippen MR) is 131 cm³/mol. The Morgan fingerprint density at radius 2 is 1.72 bits per heavy atom. The molecule has 4 aliphatic carbocycles. The smallest absolute Gasteiger partial charge is 0.309 e. The molecule has 1 N–H and O–H groups in total. The lowest BCUT2D eigenvalue weighted by Crippen LogP contribution is -2.67. The Hall–Kier alpha value is -1.89. The summed E-state index contributed by atoms with van der Waals surface area (Å²) in [6, 6.07) is 0. The Morgan fingerprint density at radius 1 is 1.03 bits per heavy atom. The molecule has 7 nitrogen and oxygen atoms in total. The molecule has 5 aliphatic rings. The van der Waals surface area contributed by atoms with Crippen LogP contribution in [0.3, 0.4) is 0 Å². The molecule has 3 saturated carbocycles. The van der Waals surface area contributed by atoms with E-state index in [1.165, 1.54) is 19.4 Å². The Kier molecular flexibility index (Phi) is 6.13. The molecule has 36 heavy (non-hydrogen) atoms. The third-order valence-electron chi connectivity index (χ3n) is 11.2. The van der Waals surface area contributed by atoms with Gasteiger partial charge in [-0.3, -0.25) is 14.4 Å². The van der Waals surface area contributed by atoms with Crippen molar-refractivity contribution in [3.63, 3.8) is 0 Å². The van der Waals surface area contributed by atoms with E-state index in [1.54, 1.807) is 0 Å². The van der Waals surface area contributed by atoms with E-state index in [1.807, 2.05) is 0 Å². The van der Waals surface area contributed by atoms with Gasteiger partial charge < -0.3 is 19.3 Å². The molecule has 0 radical (unpaired) electrons. The number of aliphatic hydroxyl groups excluding tert-OH is 1. The van der Waals surface area contributed by atoms with Crippen LogP contribution >= 0.6 is 0 Å². The number of carbonyl (C=O) groups excluding carboxylic acids is 3. The molecule has 10 atom stereocenters. The third-order valence-corrected chi connectivity index (χ3v) is 11.2. The van der Waals surface area contributed by atoms with Crippen LogP contribution in [-0.2, 0) is 28.6 Å². The quantitative estimate of drug-likeness (QED) is 0.351. The Morgan fingerprint density at radius 3 is 2.33 bits per heavy atom. The zero-order valence-electron chi connectivity index (χ0n) is 22.5. The van der Waals surface area contributed by atoms with Gasteiger partial charge in [-0.15, -0.1) is 0 Å². The molecule has 0 aromatic rings. The van der Waals surface area contributed by atoms with Crippen molar-refractivity contribution in [1.82, 2.24) is 0 Å². The van der Waals surface area contributed by atoms with Crippen LogP contribution in [0.5, 0.6) is 0 Å². The van der Waals surface area contributed by atoms with E-state index >= 15 is 0 Å². The predicted octanol–water partition coefficient (Wildman–Crippen LogP) is 4.21. The number of esters is 3. The number of carbonyl (C=O) groups is 3. The van der Waals surface area contributed by atoms with E-state index < -0.39 is 17.6 Å². The number of ether oxygens (including phenoxy) is 3. The number of cyclic esters (lactones) is 1. The second kappa shape index (κ2) is 8.57. The Balaban J connectivity index is 1.54. The zero-order chi connectivity index (χ0) is 26.2. The van der Waals surface area contributed by atoms with Crippen molar-refractivity contribution in [3.05, 3.63) is 11.6 Å². The molecular weight excluding hydrogens is 460 g/mol. The third kappa shape index (κ3) is 3.58. The molecular formula is C29H42O7. The van der Waals surface area contributed by atoms with E-state index in [2.05, 4.69) is 33.8 Å². The molecule has 4 fully saturated rings. The first kappa shape index (κ1) is 25.7. The summed E-state index contributed by atoms with van der Waals surface area (Å²) in [6.45, 7) is 12.1. The van der Waals surface area contributed by atoms with Gasteiger partial charge in [-0.1, -0.05) is 39.3 Å². The van der Waals surface area contributed by atoms with Crippen LogP contribution in [0.2, 0.25) is 0 Å². The molecule has 1 aliphatic heterocycles. The molecule has 0 aromatic carbocycles. The summed E-state index contributed by atoms with van der Waals surface area (Å²) in [4.78, 5) is 36.8. The molecule has 0 aromatic heterocycles. The second-order valence-corrected chi connectivity index (χ2v) is 13.1. The summed E-state index contributed by atoms with van der Waals surface area (Å²) in [6.07, 6.45) is 5.44. The van der Waals surface area contributed by atoms with Crippen molar-refractivity contribution < 1.29 is 33.7 Å². The van der Waals surface area contributed by atoms with Crippen molar-refractivity contribution in [2.75, 3.05) is 6.61 Å². The molecule has 5 rings (SSSR count). The lowest BCUT2D eigenvalue weighted by atomic mass is 9.40. The van der Waals surface area contributed by atoms with E-state index in [0.29, 0.717) is 19.4 Å². The van der Waals surface area contributed by atoms with E-state index in [0.717, 1.165) is 25.7 Å². The minimum atomic E-state index is -0.627. The summed E-state index contributed by atoms with van der Waals surface area (Å²) < 4.78 is 17.1. The van der Waals surface area contributed by atoms with Crippen LogP contribution < -0.4 is 0 Å². The van der Waals surface area contributed by atoms with Crippen LogP contribution in [0, 0.1) is 45.8 Å². The molecule has 1 heterocycles. The fraction of sp³-hybridized carbons (Fsp3) is 0.828. The fourth-order valence-electron chi connectivity index (χ4n) is 9.50. The topological polar surface area (TPSA) is 99.1 Å². The van der Waals surface area contributed by atoms with Crippen molar-refractivity contribution in [1.29, 1.82) is 0 Å². The van der Waals surface area contributed by atoms with Gasteiger partial charge in [-0.25, -0.2) is 0 Å². The number of hydrogen-bond donors (Lipinski definition) is 1. The maximum atomic E-state index is 12.5. The first-order chi connectivity index (χ1) is 16.8. The average Bonchev–Trinajstić information content (AvgIpc) is 3.35. The highest BCUT2D eigenvalue weighted by Crippen LogP contribution is 2.69. The molecule has 0 bridgehead atoms. The molecule has 1 saturated heterocycles. The Labute approximate surface area is 214 Å². The largest absolute Gasteiger partial charge is 0.465 e. The fourth-order valence-corrected chi connectivity index (χ4v) is 9.50. The van der Waals surface area contributed by atoms with Gasteiger partial charge in [0, 0.05) is 37.0 Å². The summed E-state index contributed by atoms with van der Waals surface area (Å²) >= 11 is 0. The number of allylic oxidation sites excluding steroid dienone is 1. The number of aliphatic hydroxyl groups is 1. The molecule has 0 spiro atoms. The van der Waals surface area contributed by atoms with Crippen LogP contribution in [0.1, 0.15) is 80.1 Å². The monoisotopic (exact) mass is 502 g/mol. The maximum Gasteiger partial charge on any atom is 0.309 e. The van der Waals surface area contributed by atoms with E-state index in [-0.39, 0.29) is 64.4 Å². The summed E-state index contributed by atoms with van der Waals surface area (Å²) in [7, 11) is 0. The molecule has 2 unspecified atom stereocenters.